The Morgan fingerprint density at radius 1 is 1.24 bits per heavy atom. The third-order valence-electron chi connectivity index (χ3n) is 2.16. The SMILES string of the molecule is COc1ccc(-c2ccnc(N=[N+]=[N-])n2)cc1. The van der Waals surface area contributed by atoms with Crippen molar-refractivity contribution < 1.29 is 4.74 Å². The van der Waals surface area contributed by atoms with Gasteiger partial charge in [-0.15, -0.1) is 0 Å². The second-order valence-electron chi connectivity index (χ2n) is 3.16. The van der Waals surface area contributed by atoms with Crippen molar-refractivity contribution in [1.82, 2.24) is 9.97 Å². The van der Waals surface area contributed by atoms with Crippen molar-refractivity contribution in [2.75, 3.05) is 7.11 Å². The molecule has 0 fully saturated rings. The second kappa shape index (κ2) is 4.96. The molecule has 0 spiro atoms. The van der Waals surface area contributed by atoms with Crippen LogP contribution in [0.3, 0.4) is 0 Å². The number of nitrogens with zero attached hydrogens (tertiary/aromatic N) is 5. The van der Waals surface area contributed by atoms with Gasteiger partial charge in [0.15, 0.2) is 0 Å². The summed E-state index contributed by atoms with van der Waals surface area (Å²) in [5.41, 5.74) is 9.92. The molecule has 0 saturated heterocycles. The topological polar surface area (TPSA) is 83.8 Å². The molecule has 1 heterocycles. The van der Waals surface area contributed by atoms with E-state index in [-0.39, 0.29) is 5.95 Å². The van der Waals surface area contributed by atoms with Crippen LogP contribution in [0, 0.1) is 0 Å². The van der Waals surface area contributed by atoms with Crippen molar-refractivity contribution in [3.05, 3.63) is 47.0 Å². The summed E-state index contributed by atoms with van der Waals surface area (Å²) in [7, 11) is 1.61. The van der Waals surface area contributed by atoms with Gasteiger partial charge in [0.25, 0.3) is 0 Å². The molecule has 0 unspecified atom stereocenters. The molecule has 0 atom stereocenters. The minimum atomic E-state index is 0.112. The van der Waals surface area contributed by atoms with Crippen LogP contribution in [0.1, 0.15) is 0 Å². The van der Waals surface area contributed by atoms with E-state index >= 15 is 0 Å². The van der Waals surface area contributed by atoms with Gasteiger partial charge in [-0.1, -0.05) is 0 Å². The van der Waals surface area contributed by atoms with Gasteiger partial charge in [0, 0.05) is 16.7 Å². The maximum Gasteiger partial charge on any atom is 0.217 e. The fraction of sp³-hybridized carbons (Fsp3) is 0.0909. The first-order chi connectivity index (χ1) is 8.33. The smallest absolute Gasteiger partial charge is 0.217 e. The molecule has 2 aromatic rings. The minimum absolute atomic E-state index is 0.112. The van der Waals surface area contributed by atoms with Crippen molar-refractivity contribution >= 4 is 5.95 Å². The normalized spacial score (nSPS) is 9.47. The standard InChI is InChI=1S/C11H9N5O/c1-17-9-4-2-8(3-5-9)10-6-7-13-11(14-10)15-16-12/h2-7H,1H3. The maximum atomic E-state index is 8.31. The highest BCUT2D eigenvalue weighted by molar-refractivity contribution is 5.60. The number of methoxy groups -OCH3 is 1. The third-order valence-corrected chi connectivity index (χ3v) is 2.16. The lowest BCUT2D eigenvalue weighted by atomic mass is 10.1. The van der Waals surface area contributed by atoms with Gasteiger partial charge in [-0.2, -0.15) is 0 Å². The van der Waals surface area contributed by atoms with Gasteiger partial charge < -0.3 is 4.74 Å². The molecule has 1 aromatic carbocycles. The fourth-order valence-electron chi connectivity index (χ4n) is 1.36. The molecule has 0 aliphatic carbocycles. The molecule has 0 amide bonds. The van der Waals surface area contributed by atoms with Gasteiger partial charge in [0.05, 0.1) is 12.8 Å². The van der Waals surface area contributed by atoms with Crippen molar-refractivity contribution in [2.24, 2.45) is 5.11 Å². The second-order valence-corrected chi connectivity index (χ2v) is 3.16. The predicted molar refractivity (Wildman–Crippen MR) is 62.8 cm³/mol. The monoisotopic (exact) mass is 227 g/mol. The van der Waals surface area contributed by atoms with E-state index in [0.29, 0.717) is 5.69 Å². The van der Waals surface area contributed by atoms with E-state index < -0.39 is 0 Å². The molecule has 0 radical (unpaired) electrons. The first-order valence-corrected chi connectivity index (χ1v) is 4.86. The summed E-state index contributed by atoms with van der Waals surface area (Å²) < 4.78 is 5.07. The molecule has 0 bridgehead atoms. The number of benzene rings is 1. The molecule has 1 aromatic heterocycles. The zero-order valence-corrected chi connectivity index (χ0v) is 9.11. The summed E-state index contributed by atoms with van der Waals surface area (Å²) in [6, 6.07) is 9.18. The van der Waals surface area contributed by atoms with E-state index in [0.717, 1.165) is 11.3 Å². The van der Waals surface area contributed by atoms with E-state index in [1.54, 1.807) is 19.4 Å². The third kappa shape index (κ3) is 2.50. The first kappa shape index (κ1) is 10.9. The maximum absolute atomic E-state index is 8.31. The van der Waals surface area contributed by atoms with Crippen molar-refractivity contribution in [3.8, 4) is 17.0 Å². The van der Waals surface area contributed by atoms with Crippen LogP contribution in [0.25, 0.3) is 21.7 Å². The minimum Gasteiger partial charge on any atom is -0.497 e. The van der Waals surface area contributed by atoms with Crippen LogP contribution >= 0.6 is 0 Å². The van der Waals surface area contributed by atoms with E-state index in [4.69, 9.17) is 10.3 Å². The Balaban J connectivity index is 2.38. The molecule has 0 aliphatic rings. The molecule has 0 N–H and O–H groups in total. The zero-order valence-electron chi connectivity index (χ0n) is 9.11. The van der Waals surface area contributed by atoms with Crippen LogP contribution in [0.2, 0.25) is 0 Å². The molecule has 2 rings (SSSR count). The van der Waals surface area contributed by atoms with E-state index in [2.05, 4.69) is 20.0 Å². The summed E-state index contributed by atoms with van der Waals surface area (Å²) >= 11 is 0. The summed E-state index contributed by atoms with van der Waals surface area (Å²) in [5, 5.41) is 3.36. The molecule has 0 aliphatic heterocycles. The van der Waals surface area contributed by atoms with Crippen LogP contribution in [0.15, 0.2) is 41.6 Å². The van der Waals surface area contributed by atoms with Gasteiger partial charge in [-0.3, -0.25) is 0 Å². The average Bonchev–Trinajstić information content (AvgIpc) is 2.40. The zero-order chi connectivity index (χ0) is 12.1. The lowest BCUT2D eigenvalue weighted by molar-refractivity contribution is 0.415. The summed E-state index contributed by atoms with van der Waals surface area (Å²) in [5.74, 6) is 0.888. The number of rotatable bonds is 3. The molecule has 6 nitrogen and oxygen atoms in total. The Labute approximate surface area is 97.5 Å². The quantitative estimate of drug-likeness (QED) is 0.458. The van der Waals surface area contributed by atoms with E-state index in [9.17, 15) is 0 Å². The molecule has 6 heteroatoms. The van der Waals surface area contributed by atoms with Crippen molar-refractivity contribution in [2.45, 2.75) is 0 Å². The van der Waals surface area contributed by atoms with Crippen LogP contribution in [-0.2, 0) is 0 Å². The summed E-state index contributed by atoms with van der Waals surface area (Å²) in [6.45, 7) is 0. The average molecular weight is 227 g/mol. The summed E-state index contributed by atoms with van der Waals surface area (Å²) in [4.78, 5) is 10.6. The van der Waals surface area contributed by atoms with Crippen molar-refractivity contribution in [3.63, 3.8) is 0 Å². The molecular formula is C11H9N5O. The number of hydrogen-bond acceptors (Lipinski definition) is 4. The van der Waals surface area contributed by atoms with Crippen LogP contribution in [0.4, 0.5) is 5.95 Å². The van der Waals surface area contributed by atoms with Gasteiger partial charge in [0.1, 0.15) is 5.75 Å². The number of aromatic nitrogens is 2. The molecule has 84 valence electrons. The predicted octanol–water partition coefficient (Wildman–Crippen LogP) is 3.09. The Hall–Kier alpha value is -2.59. The highest BCUT2D eigenvalue weighted by atomic mass is 16.5. The fourth-order valence-corrected chi connectivity index (χ4v) is 1.36. The molecular weight excluding hydrogens is 218 g/mol. The van der Waals surface area contributed by atoms with Crippen LogP contribution < -0.4 is 4.74 Å². The van der Waals surface area contributed by atoms with Crippen molar-refractivity contribution in [1.29, 1.82) is 0 Å². The Morgan fingerprint density at radius 3 is 2.65 bits per heavy atom. The van der Waals surface area contributed by atoms with Crippen LogP contribution in [0.5, 0.6) is 5.75 Å². The van der Waals surface area contributed by atoms with E-state index in [1.807, 2.05) is 24.3 Å². The highest BCUT2D eigenvalue weighted by Gasteiger charge is 2.01. The number of azide groups is 1. The number of ether oxygens (including phenoxy) is 1. The van der Waals surface area contributed by atoms with E-state index in [1.165, 1.54) is 0 Å². The number of hydrogen-bond donors (Lipinski definition) is 0. The largest absolute Gasteiger partial charge is 0.497 e. The summed E-state index contributed by atoms with van der Waals surface area (Å²) in [6.07, 6.45) is 1.55. The molecule has 0 saturated carbocycles. The lowest BCUT2D eigenvalue weighted by Crippen LogP contribution is -1.86. The Kier molecular flexibility index (Phi) is 3.18. The first-order valence-electron chi connectivity index (χ1n) is 4.86. The molecule has 17 heavy (non-hydrogen) atoms. The van der Waals surface area contributed by atoms with Crippen LogP contribution in [-0.4, -0.2) is 17.1 Å². The van der Waals surface area contributed by atoms with Gasteiger partial charge >= 0.3 is 0 Å². The highest BCUT2D eigenvalue weighted by Crippen LogP contribution is 2.21. The van der Waals surface area contributed by atoms with Gasteiger partial charge in [-0.05, 0) is 41.0 Å². The lowest BCUT2D eigenvalue weighted by Gasteiger charge is -2.03. The van der Waals surface area contributed by atoms with Gasteiger partial charge in [-0.25, -0.2) is 9.97 Å². The van der Waals surface area contributed by atoms with Gasteiger partial charge in [0.2, 0.25) is 5.95 Å². The Bertz CT molecular complexity index is 560. The Morgan fingerprint density at radius 2 is 2.00 bits per heavy atom.